The molecule has 0 atom stereocenters. The van der Waals surface area contributed by atoms with Crippen LogP contribution in [0.3, 0.4) is 0 Å². The molecule has 3 rings (SSSR count). The molecule has 0 aliphatic rings. The van der Waals surface area contributed by atoms with E-state index >= 15 is 0 Å². The van der Waals surface area contributed by atoms with Crippen molar-refractivity contribution in [3.8, 4) is 11.5 Å². The fourth-order valence-corrected chi connectivity index (χ4v) is 3.01. The van der Waals surface area contributed by atoms with Gasteiger partial charge in [-0.15, -0.1) is 0 Å². The van der Waals surface area contributed by atoms with E-state index in [9.17, 15) is 14.0 Å². The normalized spacial score (nSPS) is 10.6. The number of amides is 2. The van der Waals surface area contributed by atoms with Gasteiger partial charge in [0.15, 0.2) is 5.75 Å². The molecule has 0 saturated carbocycles. The molecular weight excluding hydrogens is 409 g/mol. The standard InChI is InChI=1S/C25H26FN3O3/c1-2-29(17-24(30)27-16-19-12-14-20(26)15-13-19)18-25(31)28-22-10-6-7-11-23(22)32-21-8-4-3-5-9-21/h3-15H,2,16-18H2,1H3,(H,27,30)(H,28,31). The summed E-state index contributed by atoms with van der Waals surface area (Å²) in [5.74, 6) is 0.424. The van der Waals surface area contributed by atoms with Crippen LogP contribution in [0, 0.1) is 5.82 Å². The van der Waals surface area contributed by atoms with Gasteiger partial charge in [0.25, 0.3) is 0 Å². The molecule has 0 heterocycles. The van der Waals surface area contributed by atoms with Crippen LogP contribution in [0.5, 0.6) is 11.5 Å². The first-order valence-corrected chi connectivity index (χ1v) is 10.4. The number of hydrogen-bond donors (Lipinski definition) is 2. The molecule has 0 bridgehead atoms. The van der Waals surface area contributed by atoms with Gasteiger partial charge in [-0.25, -0.2) is 4.39 Å². The summed E-state index contributed by atoms with van der Waals surface area (Å²) >= 11 is 0. The Labute approximate surface area is 187 Å². The molecule has 0 aromatic heterocycles. The third-order valence-electron chi connectivity index (χ3n) is 4.72. The molecule has 0 fully saturated rings. The van der Waals surface area contributed by atoms with Crippen LogP contribution in [0.2, 0.25) is 0 Å². The van der Waals surface area contributed by atoms with Crippen molar-refractivity contribution in [3.63, 3.8) is 0 Å². The Morgan fingerprint density at radius 2 is 1.53 bits per heavy atom. The number of carbonyl (C=O) groups excluding carboxylic acids is 2. The van der Waals surface area contributed by atoms with Crippen LogP contribution >= 0.6 is 0 Å². The zero-order valence-electron chi connectivity index (χ0n) is 17.9. The Balaban J connectivity index is 1.52. The third kappa shape index (κ3) is 7.21. The van der Waals surface area contributed by atoms with Crippen molar-refractivity contribution in [2.75, 3.05) is 25.0 Å². The first kappa shape index (κ1) is 23.0. The van der Waals surface area contributed by atoms with E-state index in [1.807, 2.05) is 49.4 Å². The van der Waals surface area contributed by atoms with E-state index in [4.69, 9.17) is 4.74 Å². The first-order chi connectivity index (χ1) is 15.5. The van der Waals surface area contributed by atoms with Crippen molar-refractivity contribution in [1.82, 2.24) is 10.2 Å². The maximum Gasteiger partial charge on any atom is 0.238 e. The summed E-state index contributed by atoms with van der Waals surface area (Å²) in [6.45, 7) is 2.84. The molecule has 2 N–H and O–H groups in total. The smallest absolute Gasteiger partial charge is 0.238 e. The van der Waals surface area contributed by atoms with E-state index in [0.717, 1.165) is 5.56 Å². The van der Waals surface area contributed by atoms with E-state index in [1.54, 1.807) is 29.2 Å². The largest absolute Gasteiger partial charge is 0.455 e. The molecule has 3 aromatic rings. The molecule has 3 aromatic carbocycles. The summed E-state index contributed by atoms with van der Waals surface area (Å²) in [6.07, 6.45) is 0. The topological polar surface area (TPSA) is 70.7 Å². The lowest BCUT2D eigenvalue weighted by atomic mass is 10.2. The molecule has 0 unspecified atom stereocenters. The Bertz CT molecular complexity index is 1030. The molecule has 7 heteroatoms. The summed E-state index contributed by atoms with van der Waals surface area (Å²) in [4.78, 5) is 26.6. The number of carbonyl (C=O) groups is 2. The number of rotatable bonds is 10. The molecule has 0 saturated heterocycles. The Hall–Kier alpha value is -3.71. The van der Waals surface area contributed by atoms with Crippen molar-refractivity contribution >= 4 is 17.5 Å². The summed E-state index contributed by atoms with van der Waals surface area (Å²) in [7, 11) is 0. The molecule has 0 aliphatic heterocycles. The number of benzene rings is 3. The first-order valence-electron chi connectivity index (χ1n) is 10.4. The highest BCUT2D eigenvalue weighted by atomic mass is 19.1. The van der Waals surface area contributed by atoms with Gasteiger partial charge in [0.2, 0.25) is 11.8 Å². The number of nitrogens with zero attached hydrogens (tertiary/aromatic N) is 1. The van der Waals surface area contributed by atoms with Crippen molar-refractivity contribution < 1.29 is 18.7 Å². The van der Waals surface area contributed by atoms with Crippen molar-refractivity contribution in [1.29, 1.82) is 0 Å². The molecule has 32 heavy (non-hydrogen) atoms. The van der Waals surface area contributed by atoms with Gasteiger partial charge in [-0.3, -0.25) is 14.5 Å². The summed E-state index contributed by atoms with van der Waals surface area (Å²) in [5.41, 5.74) is 1.36. The summed E-state index contributed by atoms with van der Waals surface area (Å²) in [5, 5.41) is 5.65. The monoisotopic (exact) mass is 435 g/mol. The van der Waals surface area contributed by atoms with Gasteiger partial charge >= 0.3 is 0 Å². The minimum atomic E-state index is -0.320. The highest BCUT2D eigenvalue weighted by Gasteiger charge is 2.15. The third-order valence-corrected chi connectivity index (χ3v) is 4.72. The van der Waals surface area contributed by atoms with Crippen molar-refractivity contribution in [2.24, 2.45) is 0 Å². The maximum atomic E-state index is 13.0. The van der Waals surface area contributed by atoms with Gasteiger partial charge in [-0.05, 0) is 48.5 Å². The lowest BCUT2D eigenvalue weighted by Gasteiger charge is -2.20. The molecule has 0 aliphatic carbocycles. The SMILES string of the molecule is CCN(CC(=O)NCc1ccc(F)cc1)CC(=O)Nc1ccccc1Oc1ccccc1. The second-order valence-electron chi connectivity index (χ2n) is 7.17. The molecule has 6 nitrogen and oxygen atoms in total. The highest BCUT2D eigenvalue weighted by molar-refractivity contribution is 5.94. The van der Waals surface area contributed by atoms with E-state index in [0.29, 0.717) is 30.3 Å². The zero-order chi connectivity index (χ0) is 22.8. The van der Waals surface area contributed by atoms with E-state index < -0.39 is 0 Å². The Kier molecular flexibility index (Phi) is 8.34. The van der Waals surface area contributed by atoms with Gasteiger partial charge in [-0.2, -0.15) is 0 Å². The van der Waals surface area contributed by atoms with Crippen LogP contribution in [0.4, 0.5) is 10.1 Å². The number of hydrogen-bond acceptors (Lipinski definition) is 4. The van der Waals surface area contributed by atoms with Gasteiger partial charge in [-0.1, -0.05) is 49.4 Å². The predicted octanol–water partition coefficient (Wildman–Crippen LogP) is 4.19. The van der Waals surface area contributed by atoms with Crippen LogP contribution in [-0.4, -0.2) is 36.3 Å². The summed E-state index contributed by atoms with van der Waals surface area (Å²) in [6, 6.07) is 22.4. The average Bonchev–Trinajstić information content (AvgIpc) is 2.80. The number of anilines is 1. The molecule has 2 amide bonds. The van der Waals surface area contributed by atoms with Crippen molar-refractivity contribution in [2.45, 2.75) is 13.5 Å². The lowest BCUT2D eigenvalue weighted by molar-refractivity contribution is -0.123. The number of likely N-dealkylation sites (N-methyl/N-ethyl adjacent to an activating group) is 1. The fraction of sp³-hybridized carbons (Fsp3) is 0.200. The number of halogens is 1. The van der Waals surface area contributed by atoms with Gasteiger partial charge in [0.05, 0.1) is 18.8 Å². The van der Waals surface area contributed by atoms with Crippen LogP contribution < -0.4 is 15.4 Å². The Morgan fingerprint density at radius 3 is 2.25 bits per heavy atom. The van der Waals surface area contributed by atoms with Crippen LogP contribution in [0.15, 0.2) is 78.9 Å². The van der Waals surface area contributed by atoms with Gasteiger partial charge in [0, 0.05) is 6.54 Å². The average molecular weight is 435 g/mol. The van der Waals surface area contributed by atoms with Crippen LogP contribution in [0.25, 0.3) is 0 Å². The molecule has 0 spiro atoms. The van der Waals surface area contributed by atoms with E-state index in [2.05, 4.69) is 10.6 Å². The Morgan fingerprint density at radius 1 is 0.875 bits per heavy atom. The second-order valence-corrected chi connectivity index (χ2v) is 7.17. The molecule has 0 radical (unpaired) electrons. The van der Waals surface area contributed by atoms with Crippen LogP contribution in [-0.2, 0) is 16.1 Å². The zero-order valence-corrected chi connectivity index (χ0v) is 17.9. The predicted molar refractivity (Wildman–Crippen MR) is 122 cm³/mol. The maximum absolute atomic E-state index is 13.0. The number of ether oxygens (including phenoxy) is 1. The highest BCUT2D eigenvalue weighted by Crippen LogP contribution is 2.29. The van der Waals surface area contributed by atoms with E-state index in [-0.39, 0.29) is 30.7 Å². The number of para-hydroxylation sites is 3. The van der Waals surface area contributed by atoms with Gasteiger partial charge < -0.3 is 15.4 Å². The number of nitrogens with one attached hydrogen (secondary N) is 2. The van der Waals surface area contributed by atoms with Crippen molar-refractivity contribution in [3.05, 3.63) is 90.2 Å². The van der Waals surface area contributed by atoms with E-state index in [1.165, 1.54) is 12.1 Å². The molecule has 166 valence electrons. The van der Waals surface area contributed by atoms with Gasteiger partial charge in [0.1, 0.15) is 11.6 Å². The minimum absolute atomic E-state index is 0.0557. The van der Waals surface area contributed by atoms with Crippen LogP contribution in [0.1, 0.15) is 12.5 Å². The fourth-order valence-electron chi connectivity index (χ4n) is 3.01. The summed E-state index contributed by atoms with van der Waals surface area (Å²) < 4.78 is 18.8. The quantitative estimate of drug-likeness (QED) is 0.501. The minimum Gasteiger partial charge on any atom is -0.455 e. The second kappa shape index (κ2) is 11.6. The molecular formula is C25H26FN3O3. The lowest BCUT2D eigenvalue weighted by Crippen LogP contribution is -2.40.